The van der Waals surface area contributed by atoms with Crippen molar-refractivity contribution in [2.75, 3.05) is 11.9 Å². The summed E-state index contributed by atoms with van der Waals surface area (Å²) in [6, 6.07) is 4.82. The van der Waals surface area contributed by atoms with Gasteiger partial charge in [0.25, 0.3) is 5.69 Å². The highest BCUT2D eigenvalue weighted by atomic mass is 127. The molecule has 0 unspecified atom stereocenters. The molecule has 1 fully saturated rings. The van der Waals surface area contributed by atoms with E-state index in [-0.39, 0.29) is 12.2 Å². The first kappa shape index (κ1) is 13.1. The quantitative estimate of drug-likeness (QED) is 0.477. The Kier molecular flexibility index (Phi) is 3.42. The molecule has 2 rings (SSSR count). The van der Waals surface area contributed by atoms with Gasteiger partial charge in [0.2, 0.25) is 0 Å². The first-order valence-electron chi connectivity index (χ1n) is 5.36. The number of nitro benzene ring substituents is 1. The van der Waals surface area contributed by atoms with Gasteiger partial charge in [0.1, 0.15) is 5.69 Å². The smallest absolute Gasteiger partial charge is 0.311 e. The lowest BCUT2D eigenvalue weighted by Gasteiger charge is -2.12. The van der Waals surface area contributed by atoms with Crippen LogP contribution in [-0.2, 0) is 4.79 Å². The molecule has 6 nitrogen and oxygen atoms in total. The Morgan fingerprint density at radius 2 is 2.22 bits per heavy atom. The molecule has 18 heavy (non-hydrogen) atoms. The molecule has 0 saturated heterocycles. The van der Waals surface area contributed by atoms with Crippen LogP contribution >= 0.6 is 22.6 Å². The summed E-state index contributed by atoms with van der Waals surface area (Å²) in [4.78, 5) is 21.4. The molecule has 0 aromatic heterocycles. The van der Waals surface area contributed by atoms with E-state index in [1.165, 1.54) is 6.07 Å². The van der Waals surface area contributed by atoms with Crippen molar-refractivity contribution in [1.29, 1.82) is 0 Å². The fourth-order valence-corrected chi connectivity index (χ4v) is 2.16. The Labute approximate surface area is 117 Å². The number of rotatable bonds is 5. The number of anilines is 1. The van der Waals surface area contributed by atoms with E-state index in [0.717, 1.165) is 3.57 Å². The number of nitrogens with one attached hydrogen (secondary N) is 1. The molecule has 1 aliphatic rings. The van der Waals surface area contributed by atoms with Gasteiger partial charge in [-0.3, -0.25) is 14.9 Å². The maximum Gasteiger partial charge on any atom is 0.311 e. The minimum Gasteiger partial charge on any atom is -0.481 e. The molecule has 0 spiro atoms. The molecule has 1 saturated carbocycles. The van der Waals surface area contributed by atoms with E-state index in [4.69, 9.17) is 5.11 Å². The molecular formula is C11H11IN2O4. The zero-order valence-corrected chi connectivity index (χ0v) is 11.5. The van der Waals surface area contributed by atoms with Crippen molar-refractivity contribution >= 4 is 39.9 Å². The average Bonchev–Trinajstić information content (AvgIpc) is 3.08. The van der Waals surface area contributed by atoms with Gasteiger partial charge >= 0.3 is 5.97 Å². The SMILES string of the molecule is O=C(O)C1(CNc2ccc(I)cc2[N+](=O)[O-])CC1. The van der Waals surface area contributed by atoms with Crippen LogP contribution in [0.25, 0.3) is 0 Å². The summed E-state index contributed by atoms with van der Waals surface area (Å²) >= 11 is 2.00. The van der Waals surface area contributed by atoms with Gasteiger partial charge in [-0.25, -0.2) is 0 Å². The number of nitro groups is 1. The van der Waals surface area contributed by atoms with Gasteiger partial charge in [0.15, 0.2) is 0 Å². The first-order chi connectivity index (χ1) is 8.44. The Morgan fingerprint density at radius 1 is 1.56 bits per heavy atom. The fourth-order valence-electron chi connectivity index (χ4n) is 1.69. The van der Waals surface area contributed by atoms with Gasteiger partial charge in [-0.2, -0.15) is 0 Å². The van der Waals surface area contributed by atoms with E-state index in [1.54, 1.807) is 12.1 Å². The van der Waals surface area contributed by atoms with Gasteiger partial charge < -0.3 is 10.4 Å². The van der Waals surface area contributed by atoms with Crippen molar-refractivity contribution in [2.24, 2.45) is 5.41 Å². The Balaban J connectivity index is 2.15. The summed E-state index contributed by atoms with van der Waals surface area (Å²) in [6.07, 6.45) is 1.24. The molecular weight excluding hydrogens is 351 g/mol. The summed E-state index contributed by atoms with van der Waals surface area (Å²) in [5, 5.41) is 22.8. The predicted octanol–water partition coefficient (Wildman–Crippen LogP) is 2.48. The van der Waals surface area contributed by atoms with Gasteiger partial charge in [-0.1, -0.05) is 0 Å². The standard InChI is InChI=1S/C11H11IN2O4/c12-7-1-2-8(9(5-7)14(17)18)13-6-11(3-4-11)10(15)16/h1-2,5,13H,3-4,6H2,(H,15,16). The molecule has 2 N–H and O–H groups in total. The summed E-state index contributed by atoms with van der Waals surface area (Å²) in [5.74, 6) is -0.844. The lowest BCUT2D eigenvalue weighted by molar-refractivity contribution is -0.384. The van der Waals surface area contributed by atoms with Crippen LogP contribution in [0.3, 0.4) is 0 Å². The second-order valence-electron chi connectivity index (χ2n) is 4.36. The normalized spacial score (nSPS) is 16.1. The number of aliphatic carboxylic acids is 1. The molecule has 0 radical (unpaired) electrons. The number of halogens is 1. The molecule has 0 aliphatic heterocycles. The van der Waals surface area contributed by atoms with Crippen LogP contribution in [0.1, 0.15) is 12.8 Å². The van der Waals surface area contributed by atoms with Crippen molar-refractivity contribution in [3.05, 3.63) is 31.9 Å². The largest absolute Gasteiger partial charge is 0.481 e. The molecule has 1 aliphatic carbocycles. The average molecular weight is 362 g/mol. The third kappa shape index (κ3) is 2.55. The van der Waals surface area contributed by atoms with Crippen molar-refractivity contribution in [3.8, 4) is 0 Å². The predicted molar refractivity (Wildman–Crippen MR) is 73.6 cm³/mol. The highest BCUT2D eigenvalue weighted by Crippen LogP contribution is 2.46. The summed E-state index contributed by atoms with van der Waals surface area (Å²) < 4.78 is 0.768. The van der Waals surface area contributed by atoms with E-state index in [2.05, 4.69) is 5.32 Å². The number of carbonyl (C=O) groups is 1. The topological polar surface area (TPSA) is 92.5 Å². The number of nitrogens with zero attached hydrogens (tertiary/aromatic N) is 1. The first-order valence-corrected chi connectivity index (χ1v) is 6.44. The van der Waals surface area contributed by atoms with E-state index in [1.807, 2.05) is 22.6 Å². The monoisotopic (exact) mass is 362 g/mol. The van der Waals surface area contributed by atoms with Crippen LogP contribution in [0.15, 0.2) is 18.2 Å². The van der Waals surface area contributed by atoms with Crippen molar-refractivity contribution < 1.29 is 14.8 Å². The Morgan fingerprint density at radius 3 is 2.72 bits per heavy atom. The highest BCUT2D eigenvalue weighted by molar-refractivity contribution is 14.1. The van der Waals surface area contributed by atoms with Crippen LogP contribution in [0.5, 0.6) is 0 Å². The fraction of sp³-hybridized carbons (Fsp3) is 0.364. The molecule has 0 heterocycles. The van der Waals surface area contributed by atoms with Crippen molar-refractivity contribution in [2.45, 2.75) is 12.8 Å². The van der Waals surface area contributed by atoms with E-state index < -0.39 is 16.3 Å². The van der Waals surface area contributed by atoms with Crippen LogP contribution in [0, 0.1) is 19.1 Å². The molecule has 0 amide bonds. The summed E-state index contributed by atoms with van der Waals surface area (Å²) in [5.41, 5.74) is -0.396. The summed E-state index contributed by atoms with van der Waals surface area (Å²) in [7, 11) is 0. The number of carboxylic acid groups (broad SMARTS) is 1. The van der Waals surface area contributed by atoms with Crippen LogP contribution in [-0.4, -0.2) is 22.5 Å². The third-order valence-corrected chi connectivity index (χ3v) is 3.75. The third-order valence-electron chi connectivity index (χ3n) is 3.08. The van der Waals surface area contributed by atoms with Crippen molar-refractivity contribution in [3.63, 3.8) is 0 Å². The minimum atomic E-state index is -0.844. The lowest BCUT2D eigenvalue weighted by atomic mass is 10.1. The van der Waals surface area contributed by atoms with Crippen LogP contribution in [0.4, 0.5) is 11.4 Å². The molecule has 7 heteroatoms. The number of hydrogen-bond donors (Lipinski definition) is 2. The van der Waals surface area contributed by atoms with Gasteiger partial charge in [-0.15, -0.1) is 0 Å². The lowest BCUT2D eigenvalue weighted by Crippen LogP contribution is -2.24. The molecule has 1 aromatic rings. The molecule has 0 atom stereocenters. The maximum atomic E-state index is 11.0. The molecule has 1 aromatic carbocycles. The Bertz CT molecular complexity index is 514. The van der Waals surface area contributed by atoms with E-state index >= 15 is 0 Å². The van der Waals surface area contributed by atoms with E-state index in [9.17, 15) is 14.9 Å². The van der Waals surface area contributed by atoms with Gasteiger partial charge in [0.05, 0.1) is 10.3 Å². The molecule has 96 valence electrons. The number of hydrogen-bond acceptors (Lipinski definition) is 4. The molecule has 0 bridgehead atoms. The van der Waals surface area contributed by atoms with Crippen LogP contribution in [0.2, 0.25) is 0 Å². The minimum absolute atomic E-state index is 0.0249. The summed E-state index contributed by atoms with van der Waals surface area (Å²) in [6.45, 7) is 0.226. The van der Waals surface area contributed by atoms with Crippen LogP contribution < -0.4 is 5.32 Å². The van der Waals surface area contributed by atoms with Crippen molar-refractivity contribution in [1.82, 2.24) is 0 Å². The Hall–Kier alpha value is -1.38. The van der Waals surface area contributed by atoms with Gasteiger partial charge in [0, 0.05) is 16.2 Å². The number of benzene rings is 1. The van der Waals surface area contributed by atoms with Gasteiger partial charge in [-0.05, 0) is 47.6 Å². The zero-order valence-electron chi connectivity index (χ0n) is 9.35. The second-order valence-corrected chi connectivity index (χ2v) is 5.60. The highest BCUT2D eigenvalue weighted by Gasteiger charge is 2.50. The van der Waals surface area contributed by atoms with E-state index in [0.29, 0.717) is 18.5 Å². The second kappa shape index (κ2) is 4.71. The number of carboxylic acids is 1. The zero-order chi connectivity index (χ0) is 13.3. The maximum absolute atomic E-state index is 11.0.